The van der Waals surface area contributed by atoms with E-state index in [2.05, 4.69) is 15.0 Å². The van der Waals surface area contributed by atoms with E-state index >= 15 is 0 Å². The number of hydrogen-bond donors (Lipinski definition) is 1. The molecule has 1 N–H and O–H groups in total. The van der Waals surface area contributed by atoms with Crippen LogP contribution in [-0.4, -0.2) is 41.1 Å². The van der Waals surface area contributed by atoms with Crippen LogP contribution in [0.2, 0.25) is 0 Å². The molecule has 4 aromatic rings. The number of para-hydroxylation sites is 1. The number of anilines is 1. The molecule has 0 spiro atoms. The third-order valence-corrected chi connectivity index (χ3v) is 5.27. The van der Waals surface area contributed by atoms with E-state index in [0.717, 1.165) is 35.6 Å². The van der Waals surface area contributed by atoms with Crippen molar-refractivity contribution in [1.82, 2.24) is 14.8 Å². The number of pyridine rings is 1. The zero-order valence-corrected chi connectivity index (χ0v) is 17.2. The zero-order chi connectivity index (χ0) is 20.7. The predicted molar refractivity (Wildman–Crippen MR) is 117 cm³/mol. The summed E-state index contributed by atoms with van der Waals surface area (Å²) in [5, 5.41) is 4.71. The van der Waals surface area contributed by atoms with Crippen molar-refractivity contribution in [3.05, 3.63) is 76.7 Å². The standard InChI is InChI=1S/C22H18F2N4O2.ClH/c23-16-2-1-3-17(24)21(16)28-18-8-9-25-22(29)19(18)20(26-28)14-4-6-15(7-5-14)27-10-12-30-13-11-27;/h1-9H,10-13H2,(H,25,29);1H. The van der Waals surface area contributed by atoms with E-state index < -0.39 is 11.6 Å². The first-order chi connectivity index (χ1) is 14.6. The van der Waals surface area contributed by atoms with Gasteiger partial charge >= 0.3 is 0 Å². The Balaban J connectivity index is 0.00000231. The molecule has 1 fully saturated rings. The Kier molecular flexibility index (Phi) is 5.75. The Morgan fingerprint density at radius 1 is 0.968 bits per heavy atom. The summed E-state index contributed by atoms with van der Waals surface area (Å²) in [6, 6.07) is 12.8. The molecular weight excluding hydrogens is 426 g/mol. The number of morpholine rings is 1. The van der Waals surface area contributed by atoms with Gasteiger partial charge in [-0.15, -0.1) is 12.4 Å². The highest BCUT2D eigenvalue weighted by Crippen LogP contribution is 2.30. The van der Waals surface area contributed by atoms with Crippen molar-refractivity contribution < 1.29 is 13.5 Å². The second-order valence-corrected chi connectivity index (χ2v) is 7.04. The van der Waals surface area contributed by atoms with Gasteiger partial charge in [-0.05, 0) is 30.3 Å². The highest BCUT2D eigenvalue weighted by atomic mass is 35.5. The van der Waals surface area contributed by atoms with Crippen LogP contribution in [-0.2, 0) is 4.74 Å². The van der Waals surface area contributed by atoms with Crippen LogP contribution in [0, 0.1) is 11.6 Å². The summed E-state index contributed by atoms with van der Waals surface area (Å²) in [7, 11) is 0. The first-order valence-corrected chi connectivity index (χ1v) is 9.61. The molecule has 0 atom stereocenters. The number of ether oxygens (including phenoxy) is 1. The number of hydrogen-bond acceptors (Lipinski definition) is 4. The number of rotatable bonds is 3. The van der Waals surface area contributed by atoms with Gasteiger partial charge in [0.15, 0.2) is 11.6 Å². The fourth-order valence-electron chi connectivity index (χ4n) is 3.79. The predicted octanol–water partition coefficient (Wildman–Crippen LogP) is 3.92. The van der Waals surface area contributed by atoms with Crippen LogP contribution >= 0.6 is 12.4 Å². The van der Waals surface area contributed by atoms with E-state index in [1.54, 1.807) is 6.07 Å². The van der Waals surface area contributed by atoms with E-state index in [0.29, 0.717) is 30.0 Å². The van der Waals surface area contributed by atoms with Gasteiger partial charge in [0, 0.05) is 30.5 Å². The number of nitrogens with zero attached hydrogens (tertiary/aromatic N) is 3. The molecule has 0 aliphatic carbocycles. The van der Waals surface area contributed by atoms with Gasteiger partial charge in [-0.1, -0.05) is 18.2 Å². The summed E-state index contributed by atoms with van der Waals surface area (Å²) in [6.07, 6.45) is 1.44. The molecule has 2 aromatic carbocycles. The van der Waals surface area contributed by atoms with Crippen molar-refractivity contribution >= 4 is 29.0 Å². The lowest BCUT2D eigenvalue weighted by atomic mass is 10.1. The Morgan fingerprint density at radius 3 is 2.32 bits per heavy atom. The van der Waals surface area contributed by atoms with E-state index in [4.69, 9.17) is 4.74 Å². The fraction of sp³-hybridized carbons (Fsp3) is 0.182. The van der Waals surface area contributed by atoms with Crippen LogP contribution in [0.3, 0.4) is 0 Å². The minimum Gasteiger partial charge on any atom is -0.378 e. The van der Waals surface area contributed by atoms with Crippen LogP contribution < -0.4 is 10.5 Å². The molecule has 31 heavy (non-hydrogen) atoms. The Morgan fingerprint density at radius 2 is 1.65 bits per heavy atom. The number of nitrogens with one attached hydrogen (secondary N) is 1. The monoisotopic (exact) mass is 444 g/mol. The summed E-state index contributed by atoms with van der Waals surface area (Å²) in [6.45, 7) is 2.98. The van der Waals surface area contributed by atoms with E-state index in [9.17, 15) is 13.6 Å². The fourth-order valence-corrected chi connectivity index (χ4v) is 3.79. The van der Waals surface area contributed by atoms with Gasteiger partial charge in [0.1, 0.15) is 11.4 Å². The van der Waals surface area contributed by atoms with Gasteiger partial charge in [-0.25, -0.2) is 13.5 Å². The highest BCUT2D eigenvalue weighted by Gasteiger charge is 2.21. The van der Waals surface area contributed by atoms with E-state index in [1.165, 1.54) is 12.3 Å². The summed E-state index contributed by atoms with van der Waals surface area (Å²) < 4.78 is 35.4. The summed E-state index contributed by atoms with van der Waals surface area (Å²) in [4.78, 5) is 17.4. The van der Waals surface area contributed by atoms with Crippen molar-refractivity contribution in [2.75, 3.05) is 31.2 Å². The molecule has 2 aromatic heterocycles. The Hall–Kier alpha value is -3.23. The summed E-state index contributed by atoms with van der Waals surface area (Å²) >= 11 is 0. The molecule has 1 aliphatic heterocycles. The first kappa shape index (κ1) is 21.0. The molecule has 0 unspecified atom stereocenters. The lowest BCUT2D eigenvalue weighted by Crippen LogP contribution is -2.36. The molecular formula is C22H19ClF2N4O2. The maximum absolute atomic E-state index is 14.4. The van der Waals surface area contributed by atoms with Crippen molar-refractivity contribution in [3.8, 4) is 16.9 Å². The number of aromatic nitrogens is 3. The molecule has 9 heteroatoms. The summed E-state index contributed by atoms with van der Waals surface area (Å²) in [5.41, 5.74) is 1.73. The number of halogens is 3. The average Bonchev–Trinajstić information content (AvgIpc) is 3.15. The molecule has 0 amide bonds. The second-order valence-electron chi connectivity index (χ2n) is 7.04. The van der Waals surface area contributed by atoms with Gasteiger partial charge < -0.3 is 14.6 Å². The lowest BCUT2D eigenvalue weighted by molar-refractivity contribution is 0.122. The zero-order valence-electron chi connectivity index (χ0n) is 16.3. The van der Waals surface area contributed by atoms with Crippen LogP contribution in [0.15, 0.2) is 59.5 Å². The van der Waals surface area contributed by atoms with Gasteiger partial charge in [-0.3, -0.25) is 4.79 Å². The third kappa shape index (κ3) is 3.68. The maximum Gasteiger partial charge on any atom is 0.259 e. The van der Waals surface area contributed by atoms with Crippen molar-refractivity contribution in [1.29, 1.82) is 0 Å². The molecule has 5 rings (SSSR count). The first-order valence-electron chi connectivity index (χ1n) is 9.61. The van der Waals surface area contributed by atoms with Crippen molar-refractivity contribution in [2.24, 2.45) is 0 Å². The molecule has 1 saturated heterocycles. The molecule has 0 saturated carbocycles. The van der Waals surface area contributed by atoms with Crippen LogP contribution in [0.25, 0.3) is 27.8 Å². The van der Waals surface area contributed by atoms with E-state index in [-0.39, 0.29) is 29.0 Å². The number of H-pyrrole nitrogens is 1. The summed E-state index contributed by atoms with van der Waals surface area (Å²) in [5.74, 6) is -1.51. The lowest BCUT2D eigenvalue weighted by Gasteiger charge is -2.28. The molecule has 0 radical (unpaired) electrons. The SMILES string of the molecule is Cl.O=c1[nH]ccc2c1c(-c1ccc(N3CCOCC3)cc1)nn2-c1c(F)cccc1F. The average molecular weight is 445 g/mol. The topological polar surface area (TPSA) is 63.1 Å². The minimum absolute atomic E-state index is 0. The Labute approximate surface area is 182 Å². The smallest absolute Gasteiger partial charge is 0.259 e. The molecule has 160 valence electrons. The molecule has 1 aliphatic rings. The minimum atomic E-state index is -0.756. The van der Waals surface area contributed by atoms with Gasteiger partial charge in [-0.2, -0.15) is 5.10 Å². The maximum atomic E-state index is 14.4. The number of fused-ring (bicyclic) bond motifs is 1. The normalized spacial score (nSPS) is 13.9. The highest BCUT2D eigenvalue weighted by molar-refractivity contribution is 5.93. The van der Waals surface area contributed by atoms with Crippen LogP contribution in [0.5, 0.6) is 0 Å². The largest absolute Gasteiger partial charge is 0.378 e. The molecule has 3 heterocycles. The van der Waals surface area contributed by atoms with Gasteiger partial charge in [0.05, 0.1) is 24.1 Å². The van der Waals surface area contributed by atoms with E-state index in [1.807, 2.05) is 24.3 Å². The van der Waals surface area contributed by atoms with Gasteiger partial charge in [0.25, 0.3) is 5.56 Å². The molecule has 0 bridgehead atoms. The second kappa shape index (κ2) is 8.49. The number of aromatic amines is 1. The van der Waals surface area contributed by atoms with Gasteiger partial charge in [0.2, 0.25) is 0 Å². The quantitative estimate of drug-likeness (QED) is 0.520. The molecule has 6 nitrogen and oxygen atoms in total. The number of benzene rings is 2. The Bertz CT molecular complexity index is 1260. The van der Waals surface area contributed by atoms with Crippen molar-refractivity contribution in [2.45, 2.75) is 0 Å². The van der Waals surface area contributed by atoms with Crippen LogP contribution in [0.1, 0.15) is 0 Å². The third-order valence-electron chi connectivity index (χ3n) is 5.27. The van der Waals surface area contributed by atoms with Crippen LogP contribution in [0.4, 0.5) is 14.5 Å². The van der Waals surface area contributed by atoms with Crippen molar-refractivity contribution in [3.63, 3.8) is 0 Å².